The Bertz CT molecular complexity index is 1080. The average molecular weight is 421 g/mol. The van der Waals surface area contributed by atoms with Crippen molar-refractivity contribution < 1.29 is 27.2 Å². The number of nitrogens with one attached hydrogen (secondary N) is 2. The number of anilines is 2. The second-order valence-corrected chi connectivity index (χ2v) is 6.90. The first-order chi connectivity index (χ1) is 14.2. The molecule has 4 rings (SSSR count). The lowest BCUT2D eigenvalue weighted by Crippen LogP contribution is -2.35. The van der Waals surface area contributed by atoms with Gasteiger partial charge in [-0.1, -0.05) is 17.3 Å². The van der Waals surface area contributed by atoms with Gasteiger partial charge in [0.05, 0.1) is 13.2 Å². The number of halogens is 3. The number of aromatic nitrogens is 3. The molecular formula is C19H18F3N5O3. The smallest absolute Gasteiger partial charge is 0.410 e. The molecule has 30 heavy (non-hydrogen) atoms. The number of benzene rings is 1. The largest absolute Gasteiger partial charge is 0.497 e. The van der Waals surface area contributed by atoms with Gasteiger partial charge in [-0.3, -0.25) is 4.79 Å². The maximum atomic E-state index is 13.8. The fraction of sp³-hybridized carbons (Fsp3) is 0.316. The minimum atomic E-state index is -4.54. The number of carbonyl (C=O) groups excluding carboxylic acids is 1. The van der Waals surface area contributed by atoms with Gasteiger partial charge in [-0.2, -0.15) is 18.3 Å². The van der Waals surface area contributed by atoms with Crippen molar-refractivity contribution in [3.63, 3.8) is 0 Å². The summed E-state index contributed by atoms with van der Waals surface area (Å²) in [6.45, 7) is 1.65. The van der Waals surface area contributed by atoms with Crippen LogP contribution in [-0.4, -0.2) is 34.1 Å². The van der Waals surface area contributed by atoms with Crippen LogP contribution < -0.4 is 15.4 Å². The van der Waals surface area contributed by atoms with Crippen molar-refractivity contribution in [3.8, 4) is 5.75 Å². The normalized spacial score (nSPS) is 18.4. The van der Waals surface area contributed by atoms with E-state index in [1.54, 1.807) is 31.2 Å². The molecule has 0 saturated carbocycles. The van der Waals surface area contributed by atoms with Crippen LogP contribution >= 0.6 is 0 Å². The number of carbonyl (C=O) groups is 1. The number of fused-ring (bicyclic) bond motifs is 1. The van der Waals surface area contributed by atoms with Crippen molar-refractivity contribution in [2.24, 2.45) is 0 Å². The van der Waals surface area contributed by atoms with Crippen LogP contribution in [0.1, 0.15) is 40.3 Å². The van der Waals surface area contributed by atoms with Crippen molar-refractivity contribution in [2.75, 3.05) is 17.7 Å². The van der Waals surface area contributed by atoms with E-state index >= 15 is 0 Å². The number of alkyl halides is 3. The fourth-order valence-corrected chi connectivity index (χ4v) is 3.37. The van der Waals surface area contributed by atoms with E-state index in [2.05, 4.69) is 20.9 Å². The van der Waals surface area contributed by atoms with Crippen LogP contribution in [0.3, 0.4) is 0 Å². The number of amides is 1. The first-order valence-electron chi connectivity index (χ1n) is 9.06. The van der Waals surface area contributed by atoms with Gasteiger partial charge in [0.2, 0.25) is 0 Å². The van der Waals surface area contributed by atoms with Gasteiger partial charge in [-0.15, -0.1) is 0 Å². The maximum absolute atomic E-state index is 13.8. The highest BCUT2D eigenvalue weighted by molar-refractivity contribution is 6.02. The molecule has 1 amide bonds. The highest BCUT2D eigenvalue weighted by atomic mass is 19.4. The third-order valence-corrected chi connectivity index (χ3v) is 4.79. The van der Waals surface area contributed by atoms with Crippen molar-refractivity contribution in [1.82, 2.24) is 14.9 Å². The molecule has 8 nitrogen and oxygen atoms in total. The quantitative estimate of drug-likeness (QED) is 0.659. The molecule has 2 atom stereocenters. The molecule has 0 radical (unpaired) electrons. The van der Waals surface area contributed by atoms with Crippen molar-refractivity contribution in [1.29, 1.82) is 0 Å². The molecule has 158 valence electrons. The molecule has 0 bridgehead atoms. The summed E-state index contributed by atoms with van der Waals surface area (Å²) in [7, 11) is 1.49. The maximum Gasteiger partial charge on any atom is 0.410 e. The first kappa shape index (κ1) is 19.8. The van der Waals surface area contributed by atoms with E-state index < -0.39 is 24.2 Å². The van der Waals surface area contributed by atoms with E-state index in [1.165, 1.54) is 19.2 Å². The summed E-state index contributed by atoms with van der Waals surface area (Å²) in [5.41, 5.74) is 0.471. The third kappa shape index (κ3) is 3.82. The van der Waals surface area contributed by atoms with E-state index in [1.807, 2.05) is 0 Å². The van der Waals surface area contributed by atoms with Gasteiger partial charge >= 0.3 is 6.18 Å². The zero-order chi connectivity index (χ0) is 21.5. The van der Waals surface area contributed by atoms with Crippen LogP contribution in [-0.2, 0) is 0 Å². The summed E-state index contributed by atoms with van der Waals surface area (Å²) >= 11 is 0. The zero-order valence-electron chi connectivity index (χ0n) is 16.0. The summed E-state index contributed by atoms with van der Waals surface area (Å²) in [6.07, 6.45) is -4.83. The first-order valence-corrected chi connectivity index (χ1v) is 9.06. The highest BCUT2D eigenvalue weighted by Crippen LogP contribution is 2.44. The Morgan fingerprint density at radius 3 is 2.80 bits per heavy atom. The molecule has 0 unspecified atom stereocenters. The van der Waals surface area contributed by atoms with Crippen molar-refractivity contribution in [3.05, 3.63) is 53.4 Å². The van der Waals surface area contributed by atoms with E-state index in [0.717, 1.165) is 4.68 Å². The molecule has 2 N–H and O–H groups in total. The fourth-order valence-electron chi connectivity index (χ4n) is 3.37. The summed E-state index contributed by atoms with van der Waals surface area (Å²) in [5, 5.41) is 13.0. The van der Waals surface area contributed by atoms with Crippen LogP contribution in [0.4, 0.5) is 24.8 Å². The van der Waals surface area contributed by atoms with E-state index in [9.17, 15) is 18.0 Å². The number of methoxy groups -OCH3 is 1. The Labute approximate surface area is 169 Å². The van der Waals surface area contributed by atoms with Crippen molar-refractivity contribution in [2.45, 2.75) is 31.6 Å². The topological polar surface area (TPSA) is 94.2 Å². The lowest BCUT2D eigenvalue weighted by molar-refractivity contribution is -0.173. The van der Waals surface area contributed by atoms with Crippen LogP contribution in [0.25, 0.3) is 0 Å². The summed E-state index contributed by atoms with van der Waals surface area (Å²) in [6, 6.07) is 7.08. The Kier molecular flexibility index (Phi) is 4.88. The van der Waals surface area contributed by atoms with Gasteiger partial charge in [0.1, 0.15) is 17.3 Å². The van der Waals surface area contributed by atoms with Gasteiger partial charge in [0, 0.05) is 18.6 Å². The summed E-state index contributed by atoms with van der Waals surface area (Å²) < 4.78 is 52.2. The molecule has 3 heterocycles. The molecule has 1 aromatic carbocycles. The SMILES string of the molecule is COc1cccc([C@H]2C[C@H](C(F)(F)F)n3nc(C(=O)Nc4cc(C)on4)cc3N2)c1. The Morgan fingerprint density at radius 2 is 2.13 bits per heavy atom. The average Bonchev–Trinajstić information content (AvgIpc) is 3.32. The van der Waals surface area contributed by atoms with Gasteiger partial charge in [0.15, 0.2) is 17.6 Å². The number of hydrogen-bond acceptors (Lipinski definition) is 6. The van der Waals surface area contributed by atoms with E-state index in [4.69, 9.17) is 9.26 Å². The Morgan fingerprint density at radius 1 is 1.33 bits per heavy atom. The van der Waals surface area contributed by atoms with Gasteiger partial charge in [-0.05, 0) is 24.6 Å². The van der Waals surface area contributed by atoms with Gasteiger partial charge in [0.25, 0.3) is 5.91 Å². The molecular weight excluding hydrogens is 403 g/mol. The molecule has 1 aliphatic heterocycles. The molecule has 0 fully saturated rings. The minimum absolute atomic E-state index is 0.0953. The van der Waals surface area contributed by atoms with Crippen LogP contribution in [0.5, 0.6) is 5.75 Å². The molecule has 0 saturated heterocycles. The monoisotopic (exact) mass is 421 g/mol. The van der Waals surface area contributed by atoms with Gasteiger partial charge < -0.3 is 19.9 Å². The molecule has 3 aromatic rings. The second-order valence-electron chi connectivity index (χ2n) is 6.90. The van der Waals surface area contributed by atoms with Crippen molar-refractivity contribution >= 4 is 17.5 Å². The standard InChI is InChI=1S/C19H18F3N5O3/c1-10-6-16(26-30-10)24-18(28)14-9-17-23-13(11-4-3-5-12(7-11)29-2)8-15(19(20,21)22)27(17)25-14/h3-7,9,13,15,23H,8H2,1-2H3,(H,24,26,28)/t13-,15-/m1/s1. The molecule has 1 aliphatic rings. The number of nitrogens with zero attached hydrogens (tertiary/aromatic N) is 3. The van der Waals surface area contributed by atoms with E-state index in [0.29, 0.717) is 17.1 Å². The summed E-state index contributed by atoms with van der Waals surface area (Å²) in [5.74, 6) is 0.580. The molecule has 11 heteroatoms. The van der Waals surface area contributed by atoms with Crippen LogP contribution in [0, 0.1) is 6.92 Å². The predicted octanol–water partition coefficient (Wildman–Crippen LogP) is 4.10. The zero-order valence-corrected chi connectivity index (χ0v) is 16.0. The van der Waals surface area contributed by atoms with Crippen LogP contribution in [0.15, 0.2) is 40.9 Å². The Balaban J connectivity index is 1.65. The number of ether oxygens (including phenoxy) is 1. The highest BCUT2D eigenvalue weighted by Gasteiger charge is 2.46. The molecule has 0 aliphatic carbocycles. The third-order valence-electron chi connectivity index (χ3n) is 4.79. The molecule has 2 aromatic heterocycles. The lowest BCUT2D eigenvalue weighted by atomic mass is 9.97. The number of aryl methyl sites for hydroxylation is 1. The number of rotatable bonds is 4. The van der Waals surface area contributed by atoms with Crippen LogP contribution in [0.2, 0.25) is 0 Å². The Hall–Kier alpha value is -3.50. The van der Waals surface area contributed by atoms with Gasteiger partial charge in [-0.25, -0.2) is 4.68 Å². The van der Waals surface area contributed by atoms with E-state index in [-0.39, 0.29) is 23.8 Å². The lowest BCUT2D eigenvalue weighted by Gasteiger charge is -2.33. The molecule has 0 spiro atoms. The summed E-state index contributed by atoms with van der Waals surface area (Å²) in [4.78, 5) is 12.4. The second kappa shape index (κ2) is 7.39. The predicted molar refractivity (Wildman–Crippen MR) is 100 cm³/mol. The minimum Gasteiger partial charge on any atom is -0.497 e. The number of hydrogen-bond donors (Lipinski definition) is 2.